The van der Waals surface area contributed by atoms with Gasteiger partial charge in [-0.25, -0.2) is 0 Å². The molecule has 4 heteroatoms. The number of amides is 1. The van der Waals surface area contributed by atoms with Crippen molar-refractivity contribution in [1.82, 2.24) is 5.32 Å². The monoisotopic (exact) mass is 317 g/mol. The molecule has 1 saturated heterocycles. The van der Waals surface area contributed by atoms with Crippen LogP contribution in [0, 0.1) is 0 Å². The molecular formula is C17H16ClNOS. The fourth-order valence-electron chi connectivity index (χ4n) is 2.48. The minimum Gasteiger partial charge on any atom is -0.355 e. The quantitative estimate of drug-likeness (QED) is 0.921. The summed E-state index contributed by atoms with van der Waals surface area (Å²) in [6, 6.07) is 18.2. The minimum atomic E-state index is 0.0193. The van der Waals surface area contributed by atoms with E-state index in [9.17, 15) is 4.79 Å². The van der Waals surface area contributed by atoms with Gasteiger partial charge < -0.3 is 5.32 Å². The van der Waals surface area contributed by atoms with Gasteiger partial charge in [0.15, 0.2) is 0 Å². The van der Waals surface area contributed by atoms with Crippen LogP contribution in [-0.2, 0) is 4.79 Å². The number of benzene rings is 2. The first-order valence-electron chi connectivity index (χ1n) is 6.97. The number of halogens is 1. The summed E-state index contributed by atoms with van der Waals surface area (Å²) in [7, 11) is 0. The molecule has 0 aliphatic carbocycles. The Morgan fingerprint density at radius 3 is 2.33 bits per heavy atom. The third kappa shape index (κ3) is 3.42. The molecule has 1 amide bonds. The number of carbonyl (C=O) groups excluding carboxylic acids is 1. The molecule has 2 unspecified atom stereocenters. The SMILES string of the molecule is O=C1NCCC1SC(c1ccccc1)c1ccc(Cl)cc1. The predicted molar refractivity (Wildman–Crippen MR) is 88.7 cm³/mol. The van der Waals surface area contributed by atoms with Gasteiger partial charge in [0.2, 0.25) is 5.91 Å². The molecule has 1 N–H and O–H groups in total. The largest absolute Gasteiger partial charge is 0.355 e. The zero-order valence-corrected chi connectivity index (χ0v) is 13.0. The normalized spacial score (nSPS) is 19.3. The van der Waals surface area contributed by atoms with Gasteiger partial charge in [0.25, 0.3) is 0 Å². The Morgan fingerprint density at radius 2 is 1.71 bits per heavy atom. The smallest absolute Gasteiger partial charge is 0.233 e. The first-order chi connectivity index (χ1) is 10.2. The summed E-state index contributed by atoms with van der Waals surface area (Å²) in [6.45, 7) is 0.776. The lowest BCUT2D eigenvalue weighted by Gasteiger charge is -2.20. The molecule has 2 atom stereocenters. The highest BCUT2D eigenvalue weighted by atomic mass is 35.5. The van der Waals surface area contributed by atoms with Crippen molar-refractivity contribution >= 4 is 29.3 Å². The van der Waals surface area contributed by atoms with Crippen molar-refractivity contribution in [1.29, 1.82) is 0 Å². The van der Waals surface area contributed by atoms with Crippen molar-refractivity contribution in [3.63, 3.8) is 0 Å². The Morgan fingerprint density at radius 1 is 1.05 bits per heavy atom. The van der Waals surface area contributed by atoms with Crippen LogP contribution in [0.1, 0.15) is 22.8 Å². The Balaban J connectivity index is 1.91. The van der Waals surface area contributed by atoms with Crippen LogP contribution in [0.5, 0.6) is 0 Å². The second-order valence-corrected chi connectivity index (χ2v) is 6.80. The average molecular weight is 318 g/mol. The lowest BCUT2D eigenvalue weighted by Crippen LogP contribution is -2.21. The van der Waals surface area contributed by atoms with E-state index < -0.39 is 0 Å². The van der Waals surface area contributed by atoms with E-state index >= 15 is 0 Å². The number of hydrogen-bond acceptors (Lipinski definition) is 2. The third-order valence-electron chi connectivity index (χ3n) is 3.57. The maximum absolute atomic E-state index is 11.9. The minimum absolute atomic E-state index is 0.0193. The zero-order chi connectivity index (χ0) is 14.7. The first-order valence-corrected chi connectivity index (χ1v) is 8.30. The van der Waals surface area contributed by atoms with E-state index in [0.717, 1.165) is 18.0 Å². The molecule has 1 aliphatic rings. The lowest BCUT2D eigenvalue weighted by atomic mass is 10.0. The topological polar surface area (TPSA) is 29.1 Å². The van der Waals surface area contributed by atoms with Gasteiger partial charge in [0.1, 0.15) is 0 Å². The molecule has 0 radical (unpaired) electrons. The van der Waals surface area contributed by atoms with Crippen LogP contribution in [0.15, 0.2) is 54.6 Å². The van der Waals surface area contributed by atoms with Gasteiger partial charge in [-0.3, -0.25) is 4.79 Å². The van der Waals surface area contributed by atoms with E-state index in [4.69, 9.17) is 11.6 Å². The summed E-state index contributed by atoms with van der Waals surface area (Å²) >= 11 is 7.70. The fourth-order valence-corrected chi connectivity index (χ4v) is 4.02. The molecule has 1 aliphatic heterocycles. The van der Waals surface area contributed by atoms with Crippen LogP contribution in [0.2, 0.25) is 5.02 Å². The van der Waals surface area contributed by atoms with Crippen LogP contribution in [-0.4, -0.2) is 17.7 Å². The maximum atomic E-state index is 11.9. The van der Waals surface area contributed by atoms with Crippen LogP contribution >= 0.6 is 23.4 Å². The number of nitrogens with one attached hydrogen (secondary N) is 1. The number of hydrogen-bond donors (Lipinski definition) is 1. The second-order valence-electron chi connectivity index (χ2n) is 5.05. The molecule has 108 valence electrons. The summed E-state index contributed by atoms with van der Waals surface area (Å²) in [5.41, 5.74) is 2.39. The third-order valence-corrected chi connectivity index (χ3v) is 5.42. The van der Waals surface area contributed by atoms with Crippen LogP contribution in [0.4, 0.5) is 0 Å². The maximum Gasteiger partial charge on any atom is 0.233 e. The van der Waals surface area contributed by atoms with Crippen molar-refractivity contribution in [3.8, 4) is 0 Å². The van der Waals surface area contributed by atoms with E-state index in [0.29, 0.717) is 0 Å². The number of thioether (sulfide) groups is 1. The lowest BCUT2D eigenvalue weighted by molar-refractivity contribution is -0.118. The van der Waals surface area contributed by atoms with Gasteiger partial charge in [0, 0.05) is 11.6 Å². The molecule has 1 fully saturated rings. The zero-order valence-electron chi connectivity index (χ0n) is 11.5. The summed E-state index contributed by atoms with van der Waals surface area (Å²) in [5, 5.41) is 3.81. The van der Waals surface area contributed by atoms with E-state index in [1.165, 1.54) is 11.1 Å². The van der Waals surface area contributed by atoms with Crippen molar-refractivity contribution in [2.75, 3.05) is 6.54 Å². The Labute approximate surface area is 133 Å². The molecule has 21 heavy (non-hydrogen) atoms. The second kappa shape index (κ2) is 6.54. The van der Waals surface area contributed by atoms with Gasteiger partial charge in [-0.15, -0.1) is 11.8 Å². The van der Waals surface area contributed by atoms with E-state index in [-0.39, 0.29) is 16.4 Å². The molecule has 1 heterocycles. The van der Waals surface area contributed by atoms with Gasteiger partial charge in [-0.1, -0.05) is 54.1 Å². The molecule has 0 aromatic heterocycles. The molecule has 3 rings (SSSR count). The van der Waals surface area contributed by atoms with Crippen molar-refractivity contribution in [2.45, 2.75) is 16.9 Å². The molecule has 2 aromatic rings. The van der Waals surface area contributed by atoms with Crippen LogP contribution in [0.25, 0.3) is 0 Å². The molecule has 0 saturated carbocycles. The Bertz CT molecular complexity index is 614. The summed E-state index contributed by atoms with van der Waals surface area (Å²) in [4.78, 5) is 11.9. The van der Waals surface area contributed by atoms with Gasteiger partial charge in [-0.05, 0) is 29.7 Å². The predicted octanol–water partition coefficient (Wildman–Crippen LogP) is 4.05. The standard InChI is InChI=1S/C17H16ClNOS/c18-14-8-6-13(7-9-14)16(12-4-2-1-3-5-12)21-15-10-11-19-17(15)20/h1-9,15-16H,10-11H2,(H,19,20). The fraction of sp³-hybridized carbons (Fsp3) is 0.235. The molecule has 0 spiro atoms. The first kappa shape index (κ1) is 14.5. The van der Waals surface area contributed by atoms with Crippen molar-refractivity contribution in [2.24, 2.45) is 0 Å². The Hall–Kier alpha value is -1.45. The van der Waals surface area contributed by atoms with Crippen molar-refractivity contribution in [3.05, 3.63) is 70.7 Å². The van der Waals surface area contributed by atoms with E-state index in [1.54, 1.807) is 11.8 Å². The van der Waals surface area contributed by atoms with E-state index in [2.05, 4.69) is 17.4 Å². The molecular weight excluding hydrogens is 302 g/mol. The molecule has 0 bridgehead atoms. The van der Waals surface area contributed by atoms with E-state index in [1.807, 2.05) is 42.5 Å². The van der Waals surface area contributed by atoms with Gasteiger partial charge in [0.05, 0.1) is 10.5 Å². The highest BCUT2D eigenvalue weighted by molar-refractivity contribution is 8.01. The summed E-state index contributed by atoms with van der Waals surface area (Å²) in [5.74, 6) is 0.148. The number of carbonyl (C=O) groups is 1. The Kier molecular flexibility index (Phi) is 4.51. The summed E-state index contributed by atoms with van der Waals surface area (Å²) < 4.78 is 0. The summed E-state index contributed by atoms with van der Waals surface area (Å²) in [6.07, 6.45) is 0.889. The van der Waals surface area contributed by atoms with Crippen molar-refractivity contribution < 1.29 is 4.79 Å². The highest BCUT2D eigenvalue weighted by Gasteiger charge is 2.29. The molecule has 2 aromatic carbocycles. The van der Waals surface area contributed by atoms with Gasteiger partial charge in [-0.2, -0.15) is 0 Å². The number of rotatable bonds is 4. The van der Waals surface area contributed by atoms with Crippen LogP contribution < -0.4 is 5.32 Å². The average Bonchev–Trinajstić information content (AvgIpc) is 2.92. The van der Waals surface area contributed by atoms with Gasteiger partial charge >= 0.3 is 0 Å². The van der Waals surface area contributed by atoms with Crippen LogP contribution in [0.3, 0.4) is 0 Å². The highest BCUT2D eigenvalue weighted by Crippen LogP contribution is 2.40. The molecule has 2 nitrogen and oxygen atoms in total.